The van der Waals surface area contributed by atoms with E-state index in [0.29, 0.717) is 6.54 Å². The number of rotatable bonds is 6. The lowest BCUT2D eigenvalue weighted by molar-refractivity contribution is 0.454. The molecule has 1 atom stereocenters. The molecule has 2 aromatic rings. The lowest BCUT2D eigenvalue weighted by Gasteiger charge is -2.19. The van der Waals surface area contributed by atoms with Crippen molar-refractivity contribution in [2.24, 2.45) is 7.05 Å². The third-order valence-electron chi connectivity index (χ3n) is 3.52. The van der Waals surface area contributed by atoms with E-state index < -0.39 is 0 Å². The summed E-state index contributed by atoms with van der Waals surface area (Å²) in [5.41, 5.74) is 2.50. The third-order valence-corrected chi connectivity index (χ3v) is 3.52. The predicted molar refractivity (Wildman–Crippen MR) is 81.9 cm³/mol. The summed E-state index contributed by atoms with van der Waals surface area (Å²) in [5.74, 6) is 0. The van der Waals surface area contributed by atoms with Crippen LogP contribution in [0.2, 0.25) is 0 Å². The summed E-state index contributed by atoms with van der Waals surface area (Å²) in [6, 6.07) is 8.66. The maximum Gasteiger partial charge on any atom is 0.327 e. The van der Waals surface area contributed by atoms with Gasteiger partial charge in [0.1, 0.15) is 0 Å². The molecule has 0 amide bonds. The number of hydrogen-bond donors (Lipinski definition) is 1. The SMILES string of the molecule is CCCNC(Cn1ccn(C)c1=O)c1ccc(C)cc1. The van der Waals surface area contributed by atoms with Crippen molar-refractivity contribution in [2.45, 2.75) is 32.9 Å². The van der Waals surface area contributed by atoms with Gasteiger partial charge in [-0.2, -0.15) is 0 Å². The highest BCUT2D eigenvalue weighted by Crippen LogP contribution is 2.15. The van der Waals surface area contributed by atoms with Gasteiger partial charge in [-0.3, -0.25) is 4.57 Å². The van der Waals surface area contributed by atoms with E-state index in [1.165, 1.54) is 11.1 Å². The van der Waals surface area contributed by atoms with Gasteiger partial charge in [-0.25, -0.2) is 4.79 Å². The fourth-order valence-corrected chi connectivity index (χ4v) is 2.25. The van der Waals surface area contributed by atoms with Gasteiger partial charge in [-0.05, 0) is 25.5 Å². The van der Waals surface area contributed by atoms with Crippen LogP contribution in [0.3, 0.4) is 0 Å². The van der Waals surface area contributed by atoms with E-state index in [2.05, 4.69) is 43.4 Å². The summed E-state index contributed by atoms with van der Waals surface area (Å²) in [6.45, 7) is 5.83. The molecule has 1 N–H and O–H groups in total. The Bertz CT molecular complexity index is 595. The maximum absolute atomic E-state index is 12.0. The van der Waals surface area contributed by atoms with E-state index in [0.717, 1.165) is 13.0 Å². The van der Waals surface area contributed by atoms with Crippen LogP contribution in [0.25, 0.3) is 0 Å². The van der Waals surface area contributed by atoms with Crippen LogP contribution in [0.15, 0.2) is 41.5 Å². The van der Waals surface area contributed by atoms with Crippen molar-refractivity contribution in [3.63, 3.8) is 0 Å². The Balaban J connectivity index is 2.21. The zero-order chi connectivity index (χ0) is 14.5. The minimum Gasteiger partial charge on any atom is -0.308 e. The molecular weight excluding hydrogens is 250 g/mol. The molecule has 0 aliphatic heterocycles. The number of aromatic nitrogens is 2. The summed E-state index contributed by atoms with van der Waals surface area (Å²) in [5, 5.41) is 3.52. The first kappa shape index (κ1) is 14.6. The van der Waals surface area contributed by atoms with Gasteiger partial charge >= 0.3 is 5.69 Å². The van der Waals surface area contributed by atoms with Crippen molar-refractivity contribution in [2.75, 3.05) is 6.54 Å². The summed E-state index contributed by atoms with van der Waals surface area (Å²) < 4.78 is 3.36. The fraction of sp³-hybridized carbons (Fsp3) is 0.438. The van der Waals surface area contributed by atoms with Gasteiger partial charge in [0.15, 0.2) is 0 Å². The molecule has 0 fully saturated rings. The lowest BCUT2D eigenvalue weighted by atomic mass is 10.0. The molecule has 0 saturated carbocycles. The first-order valence-electron chi connectivity index (χ1n) is 7.13. The number of nitrogens with one attached hydrogen (secondary N) is 1. The van der Waals surface area contributed by atoms with E-state index in [9.17, 15) is 4.79 Å². The first-order chi connectivity index (χ1) is 9.61. The van der Waals surface area contributed by atoms with Crippen molar-refractivity contribution in [1.82, 2.24) is 14.5 Å². The van der Waals surface area contributed by atoms with Crippen molar-refractivity contribution < 1.29 is 0 Å². The second-order valence-electron chi connectivity index (χ2n) is 5.26. The molecule has 1 aromatic heterocycles. The molecule has 20 heavy (non-hydrogen) atoms. The largest absolute Gasteiger partial charge is 0.327 e. The van der Waals surface area contributed by atoms with Crippen LogP contribution < -0.4 is 11.0 Å². The second-order valence-corrected chi connectivity index (χ2v) is 5.26. The molecule has 0 saturated heterocycles. The first-order valence-corrected chi connectivity index (χ1v) is 7.13. The van der Waals surface area contributed by atoms with Gasteiger partial charge in [-0.1, -0.05) is 36.8 Å². The average Bonchev–Trinajstić information content (AvgIpc) is 2.76. The quantitative estimate of drug-likeness (QED) is 0.876. The second kappa shape index (κ2) is 6.57. The molecule has 1 heterocycles. The van der Waals surface area contributed by atoms with Crippen LogP contribution in [0.5, 0.6) is 0 Å². The van der Waals surface area contributed by atoms with Gasteiger partial charge in [0, 0.05) is 26.0 Å². The molecule has 0 spiro atoms. The third kappa shape index (κ3) is 3.39. The minimum atomic E-state index is 0.0282. The molecule has 4 heteroatoms. The van der Waals surface area contributed by atoms with Crippen molar-refractivity contribution in [3.05, 3.63) is 58.3 Å². The Morgan fingerprint density at radius 2 is 1.90 bits per heavy atom. The van der Waals surface area contributed by atoms with Crippen LogP contribution in [0.4, 0.5) is 0 Å². The number of nitrogens with zero attached hydrogens (tertiary/aromatic N) is 2. The Hall–Kier alpha value is -1.81. The summed E-state index contributed by atoms with van der Waals surface area (Å²) in [4.78, 5) is 12.0. The predicted octanol–water partition coefficient (Wildman–Crippen LogP) is 2.24. The van der Waals surface area contributed by atoms with E-state index >= 15 is 0 Å². The molecular formula is C16H23N3O. The van der Waals surface area contributed by atoms with Crippen molar-refractivity contribution in [3.8, 4) is 0 Å². The van der Waals surface area contributed by atoms with Crippen molar-refractivity contribution >= 4 is 0 Å². The summed E-state index contributed by atoms with van der Waals surface area (Å²) in [6.07, 6.45) is 4.72. The molecule has 4 nitrogen and oxygen atoms in total. The van der Waals surface area contributed by atoms with Gasteiger partial charge < -0.3 is 9.88 Å². The number of aryl methyl sites for hydroxylation is 2. The molecule has 0 radical (unpaired) electrons. The molecule has 0 bridgehead atoms. The van der Waals surface area contributed by atoms with Crippen LogP contribution in [-0.2, 0) is 13.6 Å². The molecule has 2 rings (SSSR count). The number of benzene rings is 1. The fourth-order valence-electron chi connectivity index (χ4n) is 2.25. The Labute approximate surface area is 120 Å². The molecule has 1 aromatic carbocycles. The van der Waals surface area contributed by atoms with E-state index in [1.807, 2.05) is 6.20 Å². The van der Waals surface area contributed by atoms with Crippen LogP contribution in [-0.4, -0.2) is 15.7 Å². The van der Waals surface area contributed by atoms with E-state index in [4.69, 9.17) is 0 Å². The summed E-state index contributed by atoms with van der Waals surface area (Å²) >= 11 is 0. The molecule has 108 valence electrons. The average molecular weight is 273 g/mol. The van der Waals surface area contributed by atoms with Crippen LogP contribution in [0, 0.1) is 6.92 Å². The van der Waals surface area contributed by atoms with E-state index in [-0.39, 0.29) is 11.7 Å². The normalized spacial score (nSPS) is 12.6. The highest BCUT2D eigenvalue weighted by atomic mass is 16.1. The highest BCUT2D eigenvalue weighted by molar-refractivity contribution is 5.24. The summed E-state index contributed by atoms with van der Waals surface area (Å²) in [7, 11) is 1.78. The molecule has 0 aliphatic rings. The number of hydrogen-bond acceptors (Lipinski definition) is 2. The molecule has 1 unspecified atom stereocenters. The van der Waals surface area contributed by atoms with Gasteiger partial charge in [0.25, 0.3) is 0 Å². The van der Waals surface area contributed by atoms with Gasteiger partial charge in [0.2, 0.25) is 0 Å². The number of imidazole rings is 1. The maximum atomic E-state index is 12.0. The van der Waals surface area contributed by atoms with E-state index in [1.54, 1.807) is 22.4 Å². The van der Waals surface area contributed by atoms with Gasteiger partial charge in [-0.15, -0.1) is 0 Å². The Morgan fingerprint density at radius 1 is 1.20 bits per heavy atom. The van der Waals surface area contributed by atoms with Crippen LogP contribution in [0.1, 0.15) is 30.5 Å². The zero-order valence-corrected chi connectivity index (χ0v) is 12.5. The van der Waals surface area contributed by atoms with Gasteiger partial charge in [0.05, 0.1) is 6.04 Å². The Kier molecular flexibility index (Phi) is 4.79. The topological polar surface area (TPSA) is 39.0 Å². The smallest absolute Gasteiger partial charge is 0.308 e. The van der Waals surface area contributed by atoms with Crippen molar-refractivity contribution in [1.29, 1.82) is 0 Å². The monoisotopic (exact) mass is 273 g/mol. The minimum absolute atomic E-state index is 0.0282. The highest BCUT2D eigenvalue weighted by Gasteiger charge is 2.13. The van der Waals surface area contributed by atoms with Crippen LogP contribution >= 0.6 is 0 Å². The Morgan fingerprint density at radius 3 is 2.45 bits per heavy atom. The zero-order valence-electron chi connectivity index (χ0n) is 12.5. The standard InChI is InChI=1S/C16H23N3O/c1-4-9-17-15(14-7-5-13(2)6-8-14)12-19-11-10-18(3)16(19)20/h5-8,10-11,15,17H,4,9,12H2,1-3H3. The lowest BCUT2D eigenvalue weighted by Crippen LogP contribution is -2.31. The molecule has 0 aliphatic carbocycles.